The molecule has 0 spiro atoms. The maximum absolute atomic E-state index is 14.6. The number of benzene rings is 1. The molecule has 3 N–H and O–H groups in total. The molecule has 1 unspecified atom stereocenters. The molecule has 3 aromatic rings. The van der Waals surface area contributed by atoms with Crippen LogP contribution in [0.1, 0.15) is 63.4 Å². The second-order valence-electron chi connectivity index (χ2n) is 10.5. The van der Waals surface area contributed by atoms with Gasteiger partial charge in [0.2, 0.25) is 5.91 Å². The molecule has 1 aliphatic carbocycles. The molecule has 1 aromatic carbocycles. The normalized spacial score (nSPS) is 18.6. The van der Waals surface area contributed by atoms with Crippen molar-refractivity contribution in [2.75, 3.05) is 25.4 Å². The maximum Gasteiger partial charge on any atom is 0.436 e. The number of amides is 2. The number of carbonyl (C=O) groups is 2. The fourth-order valence-corrected chi connectivity index (χ4v) is 5.78. The van der Waals surface area contributed by atoms with E-state index in [4.69, 9.17) is 10.8 Å². The predicted molar refractivity (Wildman–Crippen MR) is 139 cm³/mol. The van der Waals surface area contributed by atoms with E-state index in [1.807, 2.05) is 12.1 Å². The van der Waals surface area contributed by atoms with Crippen molar-refractivity contribution in [3.63, 3.8) is 0 Å². The second kappa shape index (κ2) is 9.60. The number of halogens is 4. The highest BCUT2D eigenvalue weighted by Gasteiger charge is 2.42. The Labute approximate surface area is 231 Å². The lowest BCUT2D eigenvalue weighted by Gasteiger charge is -2.38. The highest BCUT2D eigenvalue weighted by atomic mass is 19.4. The van der Waals surface area contributed by atoms with E-state index < -0.39 is 40.9 Å². The number of hydrogen-bond acceptors (Lipinski definition) is 6. The van der Waals surface area contributed by atoms with Gasteiger partial charge in [0.25, 0.3) is 5.91 Å². The number of pyridine rings is 1. The smallest absolute Gasteiger partial charge is 0.436 e. The number of nitrogens with zero attached hydrogens (tertiary/aromatic N) is 5. The molecule has 1 saturated carbocycles. The average molecular weight is 571 g/mol. The van der Waals surface area contributed by atoms with Crippen molar-refractivity contribution in [2.24, 2.45) is 0 Å². The number of hydrogen-bond donors (Lipinski definition) is 2. The number of nitrogen functional groups attached to an aromatic ring is 1. The zero-order chi connectivity index (χ0) is 29.2. The van der Waals surface area contributed by atoms with Gasteiger partial charge in [-0.25, -0.2) is 14.1 Å². The molecule has 0 radical (unpaired) electrons. The lowest BCUT2D eigenvalue weighted by molar-refractivity contribution is -0.143. The summed E-state index contributed by atoms with van der Waals surface area (Å²) in [7, 11) is 0. The summed E-state index contributed by atoms with van der Waals surface area (Å²) in [5.74, 6) is -2.49. The summed E-state index contributed by atoms with van der Waals surface area (Å²) in [6.07, 6.45) is -0.507. The van der Waals surface area contributed by atoms with E-state index in [-0.39, 0.29) is 37.7 Å². The molecule has 13 heteroatoms. The van der Waals surface area contributed by atoms with Crippen molar-refractivity contribution in [3.05, 3.63) is 76.6 Å². The molecule has 2 amide bonds. The molecule has 0 bridgehead atoms. The number of rotatable bonds is 4. The van der Waals surface area contributed by atoms with Gasteiger partial charge in [-0.3, -0.25) is 9.59 Å². The fourth-order valence-electron chi connectivity index (χ4n) is 5.78. The van der Waals surface area contributed by atoms with Gasteiger partial charge in [0.1, 0.15) is 11.4 Å². The Morgan fingerprint density at radius 3 is 2.59 bits per heavy atom. The largest absolute Gasteiger partial charge is 0.506 e. The number of anilines is 1. The number of phenols is 1. The Kier molecular flexibility index (Phi) is 6.27. The predicted octanol–water partition coefficient (Wildman–Crippen LogP) is 3.90. The number of alkyl halides is 3. The lowest BCUT2D eigenvalue weighted by atomic mass is 9.94. The third-order valence-electron chi connectivity index (χ3n) is 7.99. The van der Waals surface area contributed by atoms with Gasteiger partial charge < -0.3 is 20.6 Å². The molecule has 2 aromatic heterocycles. The standard InChI is InChI=1S/C28H26F4N6O3/c1-2-22(40)36-9-7-17-23-19(38(35-17)18-6-5-15(11-21(18)39)14-3-4-14)8-10-37(20(23)13-36)27(41)16-12-34-26(28(30,31)32)24(29)25(16)33/h2,5-6,11-12,14,20,39H,1,3-4,7-10,13H2,(H2,33,34). The van der Waals surface area contributed by atoms with Crippen molar-refractivity contribution >= 4 is 17.5 Å². The van der Waals surface area contributed by atoms with Crippen molar-refractivity contribution in [1.29, 1.82) is 0 Å². The van der Waals surface area contributed by atoms with E-state index in [2.05, 4.69) is 11.6 Å². The van der Waals surface area contributed by atoms with Crippen LogP contribution >= 0.6 is 0 Å². The van der Waals surface area contributed by atoms with E-state index >= 15 is 0 Å². The van der Waals surface area contributed by atoms with E-state index in [1.165, 1.54) is 9.80 Å². The molecule has 6 rings (SSSR count). The fraction of sp³-hybridized carbons (Fsp3) is 0.357. The first-order valence-corrected chi connectivity index (χ1v) is 13.2. The minimum atomic E-state index is -5.08. The highest BCUT2D eigenvalue weighted by Crippen LogP contribution is 2.43. The molecule has 3 aliphatic rings. The summed E-state index contributed by atoms with van der Waals surface area (Å²) >= 11 is 0. The van der Waals surface area contributed by atoms with Gasteiger partial charge in [-0.1, -0.05) is 12.6 Å². The van der Waals surface area contributed by atoms with Crippen LogP contribution in [0.15, 0.2) is 37.1 Å². The van der Waals surface area contributed by atoms with Crippen molar-refractivity contribution in [2.45, 2.75) is 43.8 Å². The first kappa shape index (κ1) is 26.8. The molecular weight excluding hydrogens is 544 g/mol. The van der Waals surface area contributed by atoms with Gasteiger partial charge in [-0.2, -0.15) is 18.3 Å². The van der Waals surface area contributed by atoms with Crippen LogP contribution in [-0.4, -0.2) is 61.1 Å². The van der Waals surface area contributed by atoms with E-state index in [0.717, 1.165) is 30.2 Å². The molecule has 1 fully saturated rings. The summed E-state index contributed by atoms with van der Waals surface area (Å²) in [6, 6.07) is 4.74. The number of aromatic nitrogens is 3. The van der Waals surface area contributed by atoms with Gasteiger partial charge in [0.15, 0.2) is 11.5 Å². The van der Waals surface area contributed by atoms with Gasteiger partial charge in [0, 0.05) is 44.2 Å². The Morgan fingerprint density at radius 1 is 1.17 bits per heavy atom. The molecule has 1 atom stereocenters. The first-order chi connectivity index (χ1) is 19.5. The third kappa shape index (κ3) is 4.49. The Balaban J connectivity index is 1.42. The molecule has 214 valence electrons. The molecule has 0 saturated heterocycles. The van der Waals surface area contributed by atoms with Crippen LogP contribution < -0.4 is 5.73 Å². The topological polar surface area (TPSA) is 118 Å². The van der Waals surface area contributed by atoms with Crippen molar-refractivity contribution in [3.8, 4) is 11.4 Å². The zero-order valence-corrected chi connectivity index (χ0v) is 21.8. The summed E-state index contributed by atoms with van der Waals surface area (Å²) in [5.41, 5.74) is 5.98. The van der Waals surface area contributed by atoms with Crippen LogP contribution in [0.4, 0.5) is 23.2 Å². The van der Waals surface area contributed by atoms with Gasteiger partial charge in [-0.15, -0.1) is 0 Å². The van der Waals surface area contributed by atoms with E-state index in [1.54, 1.807) is 10.7 Å². The van der Waals surface area contributed by atoms with Crippen molar-refractivity contribution in [1.82, 2.24) is 24.6 Å². The number of carbonyl (C=O) groups excluding carboxylic acids is 2. The SMILES string of the molecule is C=CC(=O)N1CCc2nn(-c3ccc(C4CC4)cc3O)c3c2C(C1)N(C(=O)c1cnc(C(F)(F)F)c(F)c1N)CC3. The van der Waals surface area contributed by atoms with Crippen LogP contribution in [0.2, 0.25) is 0 Å². The average Bonchev–Trinajstić information content (AvgIpc) is 3.74. The van der Waals surface area contributed by atoms with Gasteiger partial charge in [-0.05, 0) is 42.5 Å². The summed E-state index contributed by atoms with van der Waals surface area (Å²) in [6.45, 7) is 3.94. The quantitative estimate of drug-likeness (QED) is 0.363. The maximum atomic E-state index is 14.6. The minimum Gasteiger partial charge on any atom is -0.506 e. The van der Waals surface area contributed by atoms with Crippen LogP contribution in [-0.2, 0) is 23.8 Å². The molecule has 4 heterocycles. The number of aromatic hydroxyl groups is 1. The number of phenolic OH excluding ortho intramolecular Hbond substituents is 1. The van der Waals surface area contributed by atoms with Crippen molar-refractivity contribution < 1.29 is 32.3 Å². The lowest BCUT2D eigenvalue weighted by Crippen LogP contribution is -2.46. The van der Waals surface area contributed by atoms with E-state index in [0.29, 0.717) is 35.5 Å². The Hall–Kier alpha value is -4.42. The first-order valence-electron chi connectivity index (χ1n) is 13.2. The Bertz CT molecular complexity index is 1600. The van der Waals surface area contributed by atoms with Crippen LogP contribution in [0.25, 0.3) is 5.69 Å². The third-order valence-corrected chi connectivity index (χ3v) is 7.99. The Morgan fingerprint density at radius 2 is 1.93 bits per heavy atom. The molecule has 9 nitrogen and oxygen atoms in total. The van der Waals surface area contributed by atoms with Crippen LogP contribution in [0, 0.1) is 5.82 Å². The monoisotopic (exact) mass is 570 g/mol. The van der Waals surface area contributed by atoms with Crippen LogP contribution in [0.3, 0.4) is 0 Å². The summed E-state index contributed by atoms with van der Waals surface area (Å²) < 4.78 is 55.7. The number of nitrogens with two attached hydrogens (primary N) is 1. The van der Waals surface area contributed by atoms with Gasteiger partial charge >= 0.3 is 6.18 Å². The van der Waals surface area contributed by atoms with E-state index in [9.17, 15) is 32.3 Å². The van der Waals surface area contributed by atoms with Crippen LogP contribution in [0.5, 0.6) is 5.75 Å². The highest BCUT2D eigenvalue weighted by molar-refractivity contribution is 5.99. The molecule has 2 aliphatic heterocycles. The minimum absolute atomic E-state index is 0.0470. The molecular formula is C28H26F4N6O3. The summed E-state index contributed by atoms with van der Waals surface area (Å²) in [4.78, 5) is 32.4. The second-order valence-corrected chi connectivity index (χ2v) is 10.5. The molecule has 41 heavy (non-hydrogen) atoms. The summed E-state index contributed by atoms with van der Waals surface area (Å²) in [5, 5.41) is 15.7. The van der Waals surface area contributed by atoms with Gasteiger partial charge in [0.05, 0.1) is 28.7 Å². The zero-order valence-electron chi connectivity index (χ0n) is 21.8.